The van der Waals surface area contributed by atoms with Crippen LogP contribution < -0.4 is 4.74 Å². The van der Waals surface area contributed by atoms with E-state index in [0.717, 1.165) is 27.9 Å². The molecule has 0 amide bonds. The molecule has 0 radical (unpaired) electrons. The maximum Gasteiger partial charge on any atom is 0.304 e. The zero-order chi connectivity index (χ0) is 15.1. The summed E-state index contributed by atoms with van der Waals surface area (Å²) in [4.78, 5) is 11.1. The number of carboxylic acid groups (broad SMARTS) is 1. The van der Waals surface area contributed by atoms with Gasteiger partial charge >= 0.3 is 5.97 Å². The lowest BCUT2D eigenvalue weighted by Gasteiger charge is -2.24. The third kappa shape index (κ3) is 2.26. The molecular formula is C16H21NO3. The van der Waals surface area contributed by atoms with Crippen LogP contribution in [0.25, 0.3) is 10.9 Å². The van der Waals surface area contributed by atoms with Gasteiger partial charge in [-0.25, -0.2) is 0 Å². The van der Waals surface area contributed by atoms with Gasteiger partial charge in [0.05, 0.1) is 13.5 Å². The fourth-order valence-electron chi connectivity index (χ4n) is 3.00. The van der Waals surface area contributed by atoms with E-state index in [0.29, 0.717) is 0 Å². The van der Waals surface area contributed by atoms with E-state index in [1.807, 2.05) is 46.0 Å². The molecule has 4 nitrogen and oxygen atoms in total. The lowest BCUT2D eigenvalue weighted by Crippen LogP contribution is -2.22. The molecule has 1 aromatic carbocycles. The van der Waals surface area contributed by atoms with E-state index < -0.39 is 11.4 Å². The van der Waals surface area contributed by atoms with Crippen LogP contribution >= 0.6 is 0 Å². The predicted molar refractivity (Wildman–Crippen MR) is 79.5 cm³/mol. The van der Waals surface area contributed by atoms with Crippen LogP contribution in [-0.2, 0) is 17.3 Å². The number of fused-ring (bicyclic) bond motifs is 1. The summed E-state index contributed by atoms with van der Waals surface area (Å²) in [7, 11) is 3.64. The maximum absolute atomic E-state index is 11.1. The minimum absolute atomic E-state index is 0.101. The molecule has 2 aromatic rings. The van der Waals surface area contributed by atoms with Gasteiger partial charge in [-0.1, -0.05) is 13.8 Å². The standard InChI is InChI=1S/C16H21NO3/c1-10-15(16(2,3)9-14(18)19)12-8-11(20-5)6-7-13(12)17(10)4/h6-8H,9H2,1-5H3,(H,18,19). The average molecular weight is 275 g/mol. The molecule has 0 aliphatic carbocycles. The topological polar surface area (TPSA) is 51.5 Å². The van der Waals surface area contributed by atoms with Crippen molar-refractivity contribution in [2.45, 2.75) is 32.6 Å². The van der Waals surface area contributed by atoms with Crippen molar-refractivity contribution in [1.29, 1.82) is 0 Å². The van der Waals surface area contributed by atoms with Crippen LogP contribution in [0, 0.1) is 6.92 Å². The molecule has 0 fully saturated rings. The second-order valence-corrected chi connectivity index (χ2v) is 5.86. The number of carboxylic acids is 1. The van der Waals surface area contributed by atoms with Crippen molar-refractivity contribution in [2.75, 3.05) is 7.11 Å². The summed E-state index contributed by atoms with van der Waals surface area (Å²) < 4.78 is 7.40. The summed E-state index contributed by atoms with van der Waals surface area (Å²) in [6, 6.07) is 5.93. The summed E-state index contributed by atoms with van der Waals surface area (Å²) in [6.45, 7) is 5.98. The van der Waals surface area contributed by atoms with Gasteiger partial charge in [0.15, 0.2) is 0 Å². The summed E-state index contributed by atoms with van der Waals surface area (Å²) in [5.41, 5.74) is 2.84. The first-order valence-corrected chi connectivity index (χ1v) is 6.63. The van der Waals surface area contributed by atoms with E-state index in [1.165, 1.54) is 0 Å². The molecule has 0 unspecified atom stereocenters. The van der Waals surface area contributed by atoms with Gasteiger partial charge in [-0.3, -0.25) is 4.79 Å². The highest BCUT2D eigenvalue weighted by Gasteiger charge is 2.30. The molecular weight excluding hydrogens is 254 g/mol. The number of hydrogen-bond acceptors (Lipinski definition) is 2. The zero-order valence-corrected chi connectivity index (χ0v) is 12.7. The Hall–Kier alpha value is -1.97. The monoisotopic (exact) mass is 275 g/mol. The van der Waals surface area contributed by atoms with Gasteiger partial charge in [-0.2, -0.15) is 0 Å². The normalized spacial score (nSPS) is 11.8. The lowest BCUT2D eigenvalue weighted by atomic mass is 9.80. The number of carbonyl (C=O) groups is 1. The highest BCUT2D eigenvalue weighted by Crippen LogP contribution is 2.38. The Bertz CT molecular complexity index is 668. The van der Waals surface area contributed by atoms with E-state index >= 15 is 0 Å². The molecule has 4 heteroatoms. The number of benzene rings is 1. The van der Waals surface area contributed by atoms with Gasteiger partial charge in [-0.15, -0.1) is 0 Å². The number of methoxy groups -OCH3 is 1. The SMILES string of the molecule is COc1ccc2c(c1)c(C(C)(C)CC(=O)O)c(C)n2C. The molecule has 0 saturated carbocycles. The Balaban J connectivity index is 2.74. The van der Waals surface area contributed by atoms with Gasteiger partial charge in [-0.05, 0) is 30.7 Å². The molecule has 2 rings (SSSR count). The first kappa shape index (κ1) is 14.4. The number of ether oxygens (including phenoxy) is 1. The van der Waals surface area contributed by atoms with E-state index in [-0.39, 0.29) is 6.42 Å². The van der Waals surface area contributed by atoms with Crippen molar-refractivity contribution in [1.82, 2.24) is 4.57 Å². The van der Waals surface area contributed by atoms with Crippen LogP contribution in [0.3, 0.4) is 0 Å². The predicted octanol–water partition coefficient (Wildman–Crippen LogP) is 3.25. The molecule has 0 saturated heterocycles. The number of hydrogen-bond donors (Lipinski definition) is 1. The highest BCUT2D eigenvalue weighted by atomic mass is 16.5. The molecule has 1 N–H and O–H groups in total. The van der Waals surface area contributed by atoms with Crippen molar-refractivity contribution in [3.8, 4) is 5.75 Å². The molecule has 0 aliphatic heterocycles. The van der Waals surface area contributed by atoms with Crippen molar-refractivity contribution < 1.29 is 14.6 Å². The first-order valence-electron chi connectivity index (χ1n) is 6.63. The summed E-state index contributed by atoms with van der Waals surface area (Å²) >= 11 is 0. The third-order valence-electron chi connectivity index (χ3n) is 3.97. The van der Waals surface area contributed by atoms with Crippen LogP contribution in [0.2, 0.25) is 0 Å². The Morgan fingerprint density at radius 2 is 2.05 bits per heavy atom. The van der Waals surface area contributed by atoms with Gasteiger partial charge in [0, 0.05) is 29.1 Å². The summed E-state index contributed by atoms with van der Waals surface area (Å²) in [6.07, 6.45) is 0.101. The fourth-order valence-corrected chi connectivity index (χ4v) is 3.00. The molecule has 0 bridgehead atoms. The molecule has 1 heterocycles. The highest BCUT2D eigenvalue weighted by molar-refractivity contribution is 5.88. The Labute approximate surface area is 119 Å². The molecule has 0 spiro atoms. The fraction of sp³-hybridized carbons (Fsp3) is 0.438. The smallest absolute Gasteiger partial charge is 0.304 e. The largest absolute Gasteiger partial charge is 0.497 e. The van der Waals surface area contributed by atoms with Crippen molar-refractivity contribution >= 4 is 16.9 Å². The molecule has 0 aliphatic rings. The van der Waals surface area contributed by atoms with Gasteiger partial charge in [0.1, 0.15) is 5.75 Å². The van der Waals surface area contributed by atoms with E-state index in [2.05, 4.69) is 4.57 Å². The third-order valence-corrected chi connectivity index (χ3v) is 3.97. The molecule has 1 aromatic heterocycles. The van der Waals surface area contributed by atoms with Crippen LogP contribution in [0.1, 0.15) is 31.5 Å². The molecule has 20 heavy (non-hydrogen) atoms. The minimum atomic E-state index is -0.783. The van der Waals surface area contributed by atoms with E-state index in [9.17, 15) is 4.79 Å². The lowest BCUT2D eigenvalue weighted by molar-refractivity contribution is -0.138. The summed E-state index contributed by atoms with van der Waals surface area (Å²) in [5, 5.41) is 10.2. The Morgan fingerprint density at radius 1 is 1.40 bits per heavy atom. The quantitative estimate of drug-likeness (QED) is 0.932. The van der Waals surface area contributed by atoms with Crippen molar-refractivity contribution in [3.63, 3.8) is 0 Å². The maximum atomic E-state index is 11.1. The van der Waals surface area contributed by atoms with Crippen LogP contribution in [0.5, 0.6) is 5.75 Å². The average Bonchev–Trinajstić information content (AvgIpc) is 2.60. The van der Waals surface area contributed by atoms with E-state index in [4.69, 9.17) is 9.84 Å². The minimum Gasteiger partial charge on any atom is -0.497 e. The van der Waals surface area contributed by atoms with Crippen molar-refractivity contribution in [2.24, 2.45) is 7.05 Å². The second kappa shape index (κ2) is 4.85. The van der Waals surface area contributed by atoms with Gasteiger partial charge in [0.2, 0.25) is 0 Å². The summed E-state index contributed by atoms with van der Waals surface area (Å²) in [5.74, 6) is 0.00442. The van der Waals surface area contributed by atoms with Crippen molar-refractivity contribution in [3.05, 3.63) is 29.5 Å². The first-order chi connectivity index (χ1) is 9.27. The van der Waals surface area contributed by atoms with Crippen LogP contribution in [-0.4, -0.2) is 22.8 Å². The van der Waals surface area contributed by atoms with Gasteiger partial charge < -0.3 is 14.4 Å². The Kier molecular flexibility index (Phi) is 3.50. The molecule has 108 valence electrons. The molecule has 0 atom stereocenters. The van der Waals surface area contributed by atoms with E-state index in [1.54, 1.807) is 7.11 Å². The number of rotatable bonds is 4. The van der Waals surface area contributed by atoms with Crippen LogP contribution in [0.15, 0.2) is 18.2 Å². The number of aryl methyl sites for hydroxylation is 1. The number of aliphatic carboxylic acids is 1. The zero-order valence-electron chi connectivity index (χ0n) is 12.7. The van der Waals surface area contributed by atoms with Gasteiger partial charge in [0.25, 0.3) is 0 Å². The Morgan fingerprint density at radius 3 is 2.60 bits per heavy atom. The number of nitrogens with zero attached hydrogens (tertiary/aromatic N) is 1. The number of aromatic nitrogens is 1. The van der Waals surface area contributed by atoms with Crippen LogP contribution in [0.4, 0.5) is 0 Å². The second-order valence-electron chi connectivity index (χ2n) is 5.86.